The minimum Gasteiger partial charge on any atom is -0.373 e. The van der Waals surface area contributed by atoms with Gasteiger partial charge in [-0.25, -0.2) is 0 Å². The third-order valence-electron chi connectivity index (χ3n) is 3.86. The van der Waals surface area contributed by atoms with E-state index in [1.54, 1.807) is 12.4 Å². The molecule has 110 valence electrons. The van der Waals surface area contributed by atoms with E-state index >= 15 is 0 Å². The highest BCUT2D eigenvalue weighted by atomic mass is 35.5. The molecule has 1 aliphatic rings. The van der Waals surface area contributed by atoms with Crippen molar-refractivity contribution in [1.29, 1.82) is 0 Å². The van der Waals surface area contributed by atoms with Crippen molar-refractivity contribution in [3.8, 4) is 0 Å². The van der Waals surface area contributed by atoms with Crippen LogP contribution in [0.3, 0.4) is 0 Å². The molecule has 2 heterocycles. The topological polar surface area (TPSA) is 25.4 Å². The Morgan fingerprint density at radius 2 is 1.90 bits per heavy atom. The normalized spacial score (nSPS) is 16.1. The summed E-state index contributed by atoms with van der Waals surface area (Å²) in [6.45, 7) is 2.65. The van der Waals surface area contributed by atoms with Crippen molar-refractivity contribution < 1.29 is 4.74 Å². The van der Waals surface area contributed by atoms with Gasteiger partial charge in [0.2, 0.25) is 0 Å². The van der Waals surface area contributed by atoms with Crippen molar-refractivity contribution >= 4 is 17.3 Å². The van der Waals surface area contributed by atoms with E-state index in [-0.39, 0.29) is 0 Å². The van der Waals surface area contributed by atoms with E-state index in [1.165, 1.54) is 5.56 Å². The van der Waals surface area contributed by atoms with E-state index in [1.807, 2.05) is 24.3 Å². The molecule has 0 aliphatic carbocycles. The molecule has 0 unspecified atom stereocenters. The largest absolute Gasteiger partial charge is 0.373 e. The maximum absolute atomic E-state index is 6.20. The third kappa shape index (κ3) is 3.74. The van der Waals surface area contributed by atoms with Crippen molar-refractivity contribution in [3.63, 3.8) is 0 Å². The fourth-order valence-electron chi connectivity index (χ4n) is 2.68. The van der Waals surface area contributed by atoms with E-state index < -0.39 is 0 Å². The summed E-state index contributed by atoms with van der Waals surface area (Å²) in [4.78, 5) is 6.35. The van der Waals surface area contributed by atoms with Gasteiger partial charge in [0.1, 0.15) is 0 Å². The highest BCUT2D eigenvalue weighted by Crippen LogP contribution is 2.27. The first-order valence-electron chi connectivity index (χ1n) is 7.33. The molecule has 0 amide bonds. The van der Waals surface area contributed by atoms with Crippen LogP contribution >= 0.6 is 11.6 Å². The summed E-state index contributed by atoms with van der Waals surface area (Å²) in [6.07, 6.45) is 5.90. The molecule has 0 saturated carbocycles. The van der Waals surface area contributed by atoms with Gasteiger partial charge in [0.05, 0.1) is 23.4 Å². The Morgan fingerprint density at radius 3 is 2.62 bits per heavy atom. The molecule has 3 nitrogen and oxygen atoms in total. The van der Waals surface area contributed by atoms with Gasteiger partial charge in [0.15, 0.2) is 0 Å². The van der Waals surface area contributed by atoms with Gasteiger partial charge in [-0.1, -0.05) is 41.9 Å². The number of hydrogen-bond acceptors (Lipinski definition) is 3. The zero-order chi connectivity index (χ0) is 14.5. The molecule has 1 aliphatic heterocycles. The maximum atomic E-state index is 6.20. The summed E-state index contributed by atoms with van der Waals surface area (Å²) < 4.78 is 6.01. The number of rotatable bonds is 4. The van der Waals surface area contributed by atoms with Crippen molar-refractivity contribution in [2.24, 2.45) is 0 Å². The molecule has 0 N–H and O–H groups in total. The molecular weight excluding hydrogens is 284 g/mol. The average Bonchev–Trinajstić information content (AvgIpc) is 2.55. The van der Waals surface area contributed by atoms with Crippen LogP contribution in [0.2, 0.25) is 5.02 Å². The van der Waals surface area contributed by atoms with Crippen LogP contribution in [0.5, 0.6) is 0 Å². The number of piperidine rings is 1. The zero-order valence-corrected chi connectivity index (χ0v) is 12.7. The first-order chi connectivity index (χ1) is 10.3. The van der Waals surface area contributed by atoms with Gasteiger partial charge in [0.25, 0.3) is 0 Å². The van der Waals surface area contributed by atoms with Crippen LogP contribution in [-0.2, 0) is 11.3 Å². The summed E-state index contributed by atoms with van der Waals surface area (Å²) in [5.74, 6) is 0. The number of anilines is 1. The van der Waals surface area contributed by atoms with Gasteiger partial charge in [-0.3, -0.25) is 4.98 Å². The molecule has 1 saturated heterocycles. The lowest BCUT2D eigenvalue weighted by Gasteiger charge is -2.33. The van der Waals surface area contributed by atoms with Crippen molar-refractivity contribution in [3.05, 3.63) is 59.4 Å². The quantitative estimate of drug-likeness (QED) is 0.856. The molecule has 4 heteroatoms. The van der Waals surface area contributed by atoms with E-state index in [9.17, 15) is 0 Å². The minimum atomic E-state index is 0.335. The molecule has 2 aromatic rings. The average molecular weight is 303 g/mol. The Hall–Kier alpha value is -1.58. The lowest BCUT2D eigenvalue weighted by atomic mass is 10.1. The molecule has 3 rings (SSSR count). The van der Waals surface area contributed by atoms with E-state index in [0.29, 0.717) is 12.7 Å². The van der Waals surface area contributed by atoms with Crippen LogP contribution < -0.4 is 4.90 Å². The van der Waals surface area contributed by atoms with Gasteiger partial charge < -0.3 is 9.64 Å². The number of benzene rings is 1. The Bertz CT molecular complexity index is 568. The number of aromatic nitrogens is 1. The van der Waals surface area contributed by atoms with E-state index in [4.69, 9.17) is 16.3 Å². The Balaban J connectivity index is 1.50. The summed E-state index contributed by atoms with van der Waals surface area (Å²) in [5.41, 5.74) is 2.31. The number of pyridine rings is 1. The summed E-state index contributed by atoms with van der Waals surface area (Å²) in [5, 5.41) is 0.723. The van der Waals surface area contributed by atoms with Crippen LogP contribution in [0, 0.1) is 0 Å². The summed E-state index contributed by atoms with van der Waals surface area (Å²) >= 11 is 6.20. The lowest BCUT2D eigenvalue weighted by molar-refractivity contribution is 0.0251. The smallest absolute Gasteiger partial charge is 0.0822 e. The van der Waals surface area contributed by atoms with Crippen LogP contribution in [0.1, 0.15) is 18.4 Å². The molecule has 21 heavy (non-hydrogen) atoms. The number of halogens is 1. The van der Waals surface area contributed by atoms with E-state index in [2.05, 4.69) is 22.0 Å². The van der Waals surface area contributed by atoms with Gasteiger partial charge in [-0.15, -0.1) is 0 Å². The Kier molecular flexibility index (Phi) is 4.73. The van der Waals surface area contributed by atoms with Crippen LogP contribution in [-0.4, -0.2) is 24.2 Å². The fraction of sp³-hybridized carbons (Fsp3) is 0.353. The van der Waals surface area contributed by atoms with Gasteiger partial charge >= 0.3 is 0 Å². The van der Waals surface area contributed by atoms with Crippen molar-refractivity contribution in [2.75, 3.05) is 18.0 Å². The molecule has 0 spiro atoms. The standard InChI is InChI=1S/C17H19ClN2O/c18-16-12-19-9-6-17(16)20-10-7-15(8-11-20)21-13-14-4-2-1-3-5-14/h1-6,9,12,15H,7-8,10-11,13H2. The third-order valence-corrected chi connectivity index (χ3v) is 4.15. The van der Waals surface area contributed by atoms with Crippen LogP contribution in [0.4, 0.5) is 5.69 Å². The van der Waals surface area contributed by atoms with Crippen LogP contribution in [0.15, 0.2) is 48.8 Å². The second-order valence-corrected chi connectivity index (χ2v) is 5.72. The predicted octanol–water partition coefficient (Wildman–Crippen LogP) is 3.92. The molecule has 0 atom stereocenters. The predicted molar refractivity (Wildman–Crippen MR) is 85.7 cm³/mol. The van der Waals surface area contributed by atoms with E-state index in [0.717, 1.165) is 36.6 Å². The molecule has 1 fully saturated rings. The summed E-state index contributed by atoms with van der Waals surface area (Å²) in [6, 6.07) is 12.3. The fourth-order valence-corrected chi connectivity index (χ4v) is 2.91. The Labute approximate surface area is 130 Å². The highest BCUT2D eigenvalue weighted by molar-refractivity contribution is 6.33. The zero-order valence-electron chi connectivity index (χ0n) is 11.9. The summed E-state index contributed by atoms with van der Waals surface area (Å²) in [7, 11) is 0. The van der Waals surface area contributed by atoms with Gasteiger partial charge in [0, 0.05) is 25.5 Å². The van der Waals surface area contributed by atoms with Crippen molar-refractivity contribution in [1.82, 2.24) is 4.98 Å². The SMILES string of the molecule is Clc1cnccc1N1CCC(OCc2ccccc2)CC1. The van der Waals surface area contributed by atoms with Gasteiger partial charge in [-0.2, -0.15) is 0 Å². The number of ether oxygens (including phenoxy) is 1. The first-order valence-corrected chi connectivity index (χ1v) is 7.71. The monoisotopic (exact) mass is 302 g/mol. The number of hydrogen-bond donors (Lipinski definition) is 0. The maximum Gasteiger partial charge on any atom is 0.0822 e. The van der Waals surface area contributed by atoms with Crippen LogP contribution in [0.25, 0.3) is 0 Å². The lowest BCUT2D eigenvalue weighted by Crippen LogP contribution is -2.37. The molecule has 1 aromatic heterocycles. The molecule has 1 aromatic carbocycles. The molecule has 0 bridgehead atoms. The molecule has 0 radical (unpaired) electrons. The van der Waals surface area contributed by atoms with Gasteiger partial charge in [-0.05, 0) is 24.5 Å². The second-order valence-electron chi connectivity index (χ2n) is 5.31. The highest BCUT2D eigenvalue weighted by Gasteiger charge is 2.21. The second kappa shape index (κ2) is 6.92. The number of nitrogens with zero attached hydrogens (tertiary/aromatic N) is 2. The molecular formula is C17H19ClN2O. The first kappa shape index (κ1) is 14.4. The Morgan fingerprint density at radius 1 is 1.14 bits per heavy atom. The van der Waals surface area contributed by atoms with Crippen molar-refractivity contribution in [2.45, 2.75) is 25.6 Å². The minimum absolute atomic E-state index is 0.335.